The Morgan fingerprint density at radius 2 is 1.92 bits per heavy atom. The molecule has 0 aliphatic carbocycles. The predicted octanol–water partition coefficient (Wildman–Crippen LogP) is 4.28. The number of hydrogen-bond acceptors (Lipinski definition) is 7. The third kappa shape index (κ3) is 5.41. The second kappa shape index (κ2) is 11.5. The summed E-state index contributed by atoms with van der Waals surface area (Å²) in [6.07, 6.45) is 4.06. The van der Waals surface area contributed by atoms with Crippen LogP contribution in [0.25, 0.3) is 11.6 Å². The van der Waals surface area contributed by atoms with Crippen molar-refractivity contribution in [2.75, 3.05) is 51.6 Å². The van der Waals surface area contributed by atoms with Crippen molar-refractivity contribution in [3.63, 3.8) is 0 Å². The van der Waals surface area contributed by atoms with E-state index in [9.17, 15) is 20.0 Å². The third-order valence-electron chi connectivity index (χ3n) is 6.67. The molecular weight excluding hydrogens is 486 g/mol. The standard InChI is InChI=1S/C28H33N5O5/c1-31(2)16-6-5-14-29-19-9-7-18(8-10-19)27(34)26-23(33(36)37)12-11-22-25(26)20(28(35)32(22)3)17-21-24(38-4)13-15-30-21/h7-13,15,17,27,29-30,34H,5-6,14,16H2,1-4H3/b20-17-. The number of aromatic nitrogens is 1. The van der Waals surface area contributed by atoms with Crippen LogP contribution in [0.1, 0.15) is 41.3 Å². The topological polar surface area (TPSA) is 124 Å². The van der Waals surface area contributed by atoms with Crippen molar-refractivity contribution in [3.8, 4) is 5.75 Å². The van der Waals surface area contributed by atoms with E-state index in [1.54, 1.807) is 37.5 Å². The number of carbonyl (C=O) groups excluding carboxylic acids is 1. The number of benzene rings is 2. The van der Waals surface area contributed by atoms with E-state index in [4.69, 9.17) is 4.74 Å². The van der Waals surface area contributed by atoms with Crippen LogP contribution >= 0.6 is 0 Å². The number of H-pyrrole nitrogens is 1. The van der Waals surface area contributed by atoms with Gasteiger partial charge in [0.25, 0.3) is 11.6 Å². The molecule has 0 radical (unpaired) electrons. The maximum atomic E-state index is 13.2. The van der Waals surface area contributed by atoms with E-state index in [1.807, 2.05) is 26.2 Å². The Labute approximate surface area is 221 Å². The summed E-state index contributed by atoms with van der Waals surface area (Å²) in [5, 5.41) is 26.9. The van der Waals surface area contributed by atoms with E-state index in [-0.39, 0.29) is 22.7 Å². The zero-order valence-corrected chi connectivity index (χ0v) is 22.0. The molecule has 1 aliphatic rings. The summed E-state index contributed by atoms with van der Waals surface area (Å²) in [5.74, 6) is 0.193. The zero-order valence-electron chi connectivity index (χ0n) is 22.0. The van der Waals surface area contributed by atoms with Gasteiger partial charge in [-0.25, -0.2) is 0 Å². The maximum absolute atomic E-state index is 13.2. The van der Waals surface area contributed by atoms with Crippen molar-refractivity contribution in [1.29, 1.82) is 0 Å². The van der Waals surface area contributed by atoms with Gasteiger partial charge in [0.2, 0.25) is 0 Å². The van der Waals surface area contributed by atoms with Gasteiger partial charge in [-0.05, 0) is 69.4 Å². The first-order valence-corrected chi connectivity index (χ1v) is 12.4. The molecule has 0 fully saturated rings. The molecule has 10 nitrogen and oxygen atoms in total. The summed E-state index contributed by atoms with van der Waals surface area (Å²) in [5.41, 5.74) is 2.80. The first-order chi connectivity index (χ1) is 18.2. The molecular formula is C28H33N5O5. The molecule has 4 rings (SSSR count). The highest BCUT2D eigenvalue weighted by atomic mass is 16.6. The highest BCUT2D eigenvalue weighted by molar-refractivity contribution is 6.36. The fourth-order valence-corrected chi connectivity index (χ4v) is 4.67. The van der Waals surface area contributed by atoms with Crippen LogP contribution in [0.5, 0.6) is 5.75 Å². The molecule has 38 heavy (non-hydrogen) atoms. The lowest BCUT2D eigenvalue weighted by Crippen LogP contribution is -2.20. The molecule has 0 saturated heterocycles. The number of nitro groups is 1. The number of aliphatic hydroxyl groups is 1. The fourth-order valence-electron chi connectivity index (χ4n) is 4.67. The van der Waals surface area contributed by atoms with Gasteiger partial charge >= 0.3 is 0 Å². The quantitative estimate of drug-likeness (QED) is 0.149. The molecule has 0 saturated carbocycles. The molecule has 1 atom stereocenters. The van der Waals surface area contributed by atoms with Gasteiger partial charge < -0.3 is 29.9 Å². The summed E-state index contributed by atoms with van der Waals surface area (Å²) in [6, 6.07) is 11.8. The molecule has 2 aromatic carbocycles. The van der Waals surface area contributed by atoms with E-state index in [0.717, 1.165) is 31.6 Å². The monoisotopic (exact) mass is 519 g/mol. The number of anilines is 2. The highest BCUT2D eigenvalue weighted by Crippen LogP contribution is 2.46. The van der Waals surface area contributed by atoms with Crippen molar-refractivity contribution < 1.29 is 19.6 Å². The van der Waals surface area contributed by atoms with Gasteiger partial charge in [-0.3, -0.25) is 14.9 Å². The number of carbonyl (C=O) groups is 1. The van der Waals surface area contributed by atoms with Crippen molar-refractivity contribution in [2.24, 2.45) is 0 Å². The summed E-state index contributed by atoms with van der Waals surface area (Å²) < 4.78 is 5.35. The summed E-state index contributed by atoms with van der Waals surface area (Å²) in [7, 11) is 7.22. The summed E-state index contributed by atoms with van der Waals surface area (Å²) in [6.45, 7) is 1.84. The lowest BCUT2D eigenvalue weighted by atomic mass is 9.91. The Hall–Kier alpha value is -4.15. The van der Waals surface area contributed by atoms with E-state index < -0.39 is 11.0 Å². The van der Waals surface area contributed by atoms with Gasteiger partial charge in [-0.2, -0.15) is 0 Å². The minimum atomic E-state index is -1.33. The molecule has 0 bridgehead atoms. The summed E-state index contributed by atoms with van der Waals surface area (Å²) >= 11 is 0. The highest BCUT2D eigenvalue weighted by Gasteiger charge is 2.38. The number of methoxy groups -OCH3 is 1. The molecule has 1 amide bonds. The van der Waals surface area contributed by atoms with Crippen molar-refractivity contribution in [1.82, 2.24) is 9.88 Å². The van der Waals surface area contributed by atoms with Crippen LogP contribution in [0.2, 0.25) is 0 Å². The number of nitrogens with zero attached hydrogens (tertiary/aromatic N) is 3. The van der Waals surface area contributed by atoms with E-state index in [1.165, 1.54) is 24.1 Å². The Bertz CT molecular complexity index is 1350. The minimum Gasteiger partial charge on any atom is -0.495 e. The van der Waals surface area contributed by atoms with E-state index in [0.29, 0.717) is 28.3 Å². The minimum absolute atomic E-state index is 0.0753. The van der Waals surface area contributed by atoms with Gasteiger partial charge in [0.15, 0.2) is 0 Å². The Morgan fingerprint density at radius 1 is 1.18 bits per heavy atom. The SMILES string of the molecule is COc1cc[nH]c1/C=C1\C(=O)N(C)c2ccc([N+](=O)[O-])c(C(O)c3ccc(NCCCCN(C)C)cc3)c21. The largest absolute Gasteiger partial charge is 0.495 e. The van der Waals surface area contributed by atoms with Gasteiger partial charge in [0, 0.05) is 37.1 Å². The smallest absolute Gasteiger partial charge is 0.276 e. The Balaban J connectivity index is 1.69. The number of likely N-dealkylation sites (N-methyl/N-ethyl adjacent to an activating group) is 1. The number of nitro benzene ring substituents is 1. The lowest BCUT2D eigenvalue weighted by molar-refractivity contribution is -0.386. The number of rotatable bonds is 11. The van der Waals surface area contributed by atoms with Gasteiger partial charge in [-0.15, -0.1) is 0 Å². The number of amides is 1. The van der Waals surface area contributed by atoms with Crippen LogP contribution in [0.3, 0.4) is 0 Å². The van der Waals surface area contributed by atoms with Gasteiger partial charge in [0.05, 0.1) is 34.6 Å². The van der Waals surface area contributed by atoms with Crippen molar-refractivity contribution in [2.45, 2.75) is 18.9 Å². The number of ether oxygens (including phenoxy) is 1. The molecule has 200 valence electrons. The number of nitrogens with one attached hydrogen (secondary N) is 2. The normalized spacial score (nSPS) is 14.7. The van der Waals surface area contributed by atoms with Crippen LogP contribution < -0.4 is 15.0 Å². The van der Waals surface area contributed by atoms with Crippen LogP contribution in [-0.4, -0.2) is 67.2 Å². The van der Waals surface area contributed by atoms with Crippen LogP contribution in [0.4, 0.5) is 17.1 Å². The second-order valence-electron chi connectivity index (χ2n) is 9.49. The molecule has 1 unspecified atom stereocenters. The average molecular weight is 520 g/mol. The second-order valence-corrected chi connectivity index (χ2v) is 9.49. The number of unbranched alkanes of at least 4 members (excludes halogenated alkanes) is 1. The molecule has 10 heteroatoms. The van der Waals surface area contributed by atoms with Gasteiger partial charge in [-0.1, -0.05) is 12.1 Å². The number of hydrogen-bond donors (Lipinski definition) is 3. The number of fused-ring (bicyclic) bond motifs is 1. The first kappa shape index (κ1) is 26.9. The van der Waals surface area contributed by atoms with E-state index >= 15 is 0 Å². The molecule has 3 N–H and O–H groups in total. The molecule has 2 heterocycles. The van der Waals surface area contributed by atoms with Crippen molar-refractivity contribution in [3.05, 3.63) is 81.2 Å². The summed E-state index contributed by atoms with van der Waals surface area (Å²) in [4.78, 5) is 31.4. The van der Waals surface area contributed by atoms with Crippen molar-refractivity contribution >= 4 is 34.6 Å². The molecule has 1 aromatic heterocycles. The molecule has 1 aliphatic heterocycles. The number of aromatic amines is 1. The first-order valence-electron chi connectivity index (χ1n) is 12.4. The van der Waals surface area contributed by atoms with Crippen LogP contribution in [0, 0.1) is 10.1 Å². The van der Waals surface area contributed by atoms with E-state index in [2.05, 4.69) is 15.2 Å². The fraction of sp³-hybridized carbons (Fsp3) is 0.321. The number of aliphatic hydroxyl groups excluding tert-OH is 1. The third-order valence-corrected chi connectivity index (χ3v) is 6.67. The Morgan fingerprint density at radius 3 is 2.58 bits per heavy atom. The predicted molar refractivity (Wildman–Crippen MR) is 149 cm³/mol. The van der Waals surface area contributed by atoms with Crippen LogP contribution in [0.15, 0.2) is 48.7 Å². The maximum Gasteiger partial charge on any atom is 0.276 e. The zero-order chi connectivity index (χ0) is 27.4. The average Bonchev–Trinajstić information content (AvgIpc) is 3.45. The van der Waals surface area contributed by atoms with Crippen LogP contribution in [-0.2, 0) is 4.79 Å². The Kier molecular flexibility index (Phi) is 8.13. The van der Waals surface area contributed by atoms with Gasteiger partial charge in [0.1, 0.15) is 11.9 Å². The molecule has 0 spiro atoms. The lowest BCUT2D eigenvalue weighted by Gasteiger charge is -2.17. The molecule has 3 aromatic rings.